The molecule has 105 heavy (non-hydrogen) atoms. The second kappa shape index (κ2) is 34.3. The number of methoxy groups -OCH3 is 1. The number of aliphatic hydroxyl groups excluding tert-OH is 6. The molecule has 0 bridgehead atoms. The molecule has 0 saturated carbocycles. The summed E-state index contributed by atoms with van der Waals surface area (Å²) in [6.45, 7) is 5.00. The summed E-state index contributed by atoms with van der Waals surface area (Å²) in [5.41, 5.74) is 6.96. The summed E-state index contributed by atoms with van der Waals surface area (Å²) >= 11 is 0. The van der Waals surface area contributed by atoms with Crippen molar-refractivity contribution in [1.29, 1.82) is 0 Å². The van der Waals surface area contributed by atoms with Crippen molar-refractivity contribution >= 4 is 53.7 Å². The first-order valence-corrected chi connectivity index (χ1v) is 35.1. The molecule has 1 unspecified atom stereocenters. The van der Waals surface area contributed by atoms with Gasteiger partial charge in [-0.3, -0.25) is 28.8 Å². The van der Waals surface area contributed by atoms with Gasteiger partial charge in [0.2, 0.25) is 35.4 Å². The van der Waals surface area contributed by atoms with Gasteiger partial charge in [-0.15, -0.1) is 0 Å². The van der Waals surface area contributed by atoms with Crippen LogP contribution in [0.1, 0.15) is 93.5 Å². The number of aromatic hydroxyl groups is 1. The lowest BCUT2D eigenvalue weighted by molar-refractivity contribution is -0.147. The lowest BCUT2D eigenvalue weighted by atomic mass is 9.98. The smallest absolute Gasteiger partial charge is 0.409 e. The van der Waals surface area contributed by atoms with Gasteiger partial charge in [0.05, 0.1) is 49.8 Å². The van der Waals surface area contributed by atoms with Crippen molar-refractivity contribution in [3.05, 3.63) is 143 Å². The number of benzene rings is 5. The zero-order valence-electron chi connectivity index (χ0n) is 59.2. The number of carbonyl (C=O) groups is 9. The van der Waals surface area contributed by atoms with Gasteiger partial charge in [0.25, 0.3) is 0 Å². The van der Waals surface area contributed by atoms with Crippen molar-refractivity contribution in [3.8, 4) is 33.8 Å². The van der Waals surface area contributed by atoms with Crippen LogP contribution in [0.2, 0.25) is 0 Å². The molecule has 2 aliphatic carbocycles. The molecule has 0 radical (unpaired) electrons. The summed E-state index contributed by atoms with van der Waals surface area (Å²) in [6.07, 6.45) is -15.7. The second-order valence-electron chi connectivity index (χ2n) is 28.1. The first-order valence-electron chi connectivity index (χ1n) is 35.1. The van der Waals surface area contributed by atoms with Gasteiger partial charge in [0, 0.05) is 76.8 Å². The molecule has 3 fully saturated rings. The summed E-state index contributed by atoms with van der Waals surface area (Å²) in [4.78, 5) is 133. The van der Waals surface area contributed by atoms with Gasteiger partial charge in [-0.1, -0.05) is 110 Å². The predicted octanol–water partition coefficient (Wildman–Crippen LogP) is 1.64. The van der Waals surface area contributed by atoms with Crippen LogP contribution in [-0.2, 0) is 54.1 Å². The van der Waals surface area contributed by atoms with E-state index in [0.29, 0.717) is 0 Å². The molecule has 9 amide bonds. The van der Waals surface area contributed by atoms with Crippen LogP contribution < -0.4 is 36.6 Å². The van der Waals surface area contributed by atoms with E-state index in [1.54, 1.807) is 0 Å². The number of alkyl carbamates (subject to hydrolysis) is 2. The van der Waals surface area contributed by atoms with E-state index in [-0.39, 0.29) is 75.0 Å². The average molecular weight is 1460 g/mol. The molecule has 5 aromatic carbocycles. The van der Waals surface area contributed by atoms with E-state index < -0.39 is 183 Å². The molecule has 3 aliphatic heterocycles. The van der Waals surface area contributed by atoms with Crippen LogP contribution in [0.15, 0.2) is 115 Å². The fraction of sp³-hybridized carbons (Fsp3) is 0.480. The van der Waals surface area contributed by atoms with Crippen LogP contribution in [0.25, 0.3) is 22.3 Å². The lowest BCUT2D eigenvalue weighted by Gasteiger charge is -2.34. The number of nitrogens with zero attached hydrogens (tertiary/aromatic N) is 3. The van der Waals surface area contributed by atoms with E-state index in [1.165, 1.54) is 57.9 Å². The molecule has 5 aliphatic rings. The van der Waals surface area contributed by atoms with Crippen LogP contribution in [0.4, 0.5) is 14.4 Å². The Balaban J connectivity index is 0.923. The van der Waals surface area contributed by atoms with Gasteiger partial charge < -0.3 is 106 Å². The van der Waals surface area contributed by atoms with Crippen molar-refractivity contribution in [2.75, 3.05) is 72.8 Å². The third-order valence-corrected chi connectivity index (χ3v) is 19.4. The number of fused-ring (bicyclic) bond motifs is 8. The number of hydrogen-bond acceptors (Lipinski definition) is 21. The molecule has 30 heteroatoms. The topological polar surface area (TPSA) is 423 Å². The largest absolute Gasteiger partial charge is 0.504 e. The lowest BCUT2D eigenvalue weighted by Crippen LogP contribution is -2.64. The zero-order valence-corrected chi connectivity index (χ0v) is 59.2. The number of phenols is 1. The minimum Gasteiger partial charge on any atom is -0.504 e. The minimum absolute atomic E-state index is 0.0243. The highest BCUT2D eigenvalue weighted by Crippen LogP contribution is 2.46. The maximum atomic E-state index is 15.3. The van der Waals surface area contributed by atoms with Crippen molar-refractivity contribution in [2.45, 2.75) is 151 Å². The molecule has 3 saturated heterocycles. The summed E-state index contributed by atoms with van der Waals surface area (Å²) in [5.74, 6) is -9.13. The Bertz CT molecular complexity index is 3890. The quantitative estimate of drug-likeness (QED) is 0.0493. The third-order valence-electron chi connectivity index (χ3n) is 19.4. The highest BCUT2D eigenvalue weighted by molar-refractivity contribution is 5.98. The Morgan fingerprint density at radius 1 is 0.638 bits per heavy atom. The normalized spacial score (nSPS) is 24.0. The minimum atomic E-state index is -2.19. The van der Waals surface area contributed by atoms with Gasteiger partial charge in [-0.2, -0.15) is 0 Å². The molecule has 13 N–H and O–H groups in total. The number of ether oxygens (including phenoxy) is 5. The average Bonchev–Trinajstić information content (AvgIpc) is 1.64. The molecule has 13 atom stereocenters. The van der Waals surface area contributed by atoms with Crippen LogP contribution in [0, 0.1) is 5.92 Å². The van der Waals surface area contributed by atoms with Crippen LogP contribution in [0.3, 0.4) is 0 Å². The van der Waals surface area contributed by atoms with Crippen molar-refractivity contribution in [1.82, 2.24) is 46.6 Å². The number of β-amino-alcohol motifs (C(OH)–C–C–N with tert-alkyl or cyclic N) is 1. The molecular weight excluding hydrogens is 1360 g/mol. The van der Waals surface area contributed by atoms with Gasteiger partial charge in [-0.25, -0.2) is 14.4 Å². The molecular formula is C75H93N9O21. The molecule has 5 aromatic rings. The molecule has 0 aromatic heterocycles. The molecule has 10 rings (SSSR count). The molecule has 3 heterocycles. The van der Waals surface area contributed by atoms with Gasteiger partial charge in [0.15, 0.2) is 11.5 Å². The van der Waals surface area contributed by atoms with Gasteiger partial charge in [0.1, 0.15) is 61.7 Å². The maximum Gasteiger partial charge on any atom is 0.409 e. The first kappa shape index (κ1) is 77.7. The standard InChI is InChI=1S/C75H93N9O21/c1-40-36-84-64(65(40)91)69(95)77-35-43(86)33-55(78-73(99)105-75(3,4)5)66(92)79-61(41(2)85)70(96)83-37-44(87)34-56(83)67(93)80-62(68(94)81-63(71(84)97)58(89)25-26-76-72(98)103-38-53-49-19-11-7-15-45(49)46-16-8-12-20-50(46)53)59(90)31-42-23-24-57(88)60(32-42)102-30-28-82(27-29-101-6)74(100)104-39-54-51-21-13-9-17-47(51)48-18-10-14-22-52(48)54/h7-24,32,40-41,43-44,53-56,58-59,61-65,85-91H,25-31,33-39H2,1-6H3,(H,76,98)(H,77,95)(H,78,99)(H,79,92)(H,80,93)(H,81,94)/t40-,41+,43+,44+,55?,56-,58+,59+,61-,62-,63-,64-,65-/m0/s1. The Kier molecular flexibility index (Phi) is 25.4. The number of hydrogen-bond donors (Lipinski definition) is 13. The van der Waals surface area contributed by atoms with Crippen molar-refractivity contribution in [2.24, 2.45) is 5.92 Å². The summed E-state index contributed by atoms with van der Waals surface area (Å²) in [5, 5.41) is 96.0. The highest BCUT2D eigenvalue weighted by atomic mass is 16.6. The Morgan fingerprint density at radius 3 is 1.77 bits per heavy atom. The third kappa shape index (κ3) is 18.6. The Morgan fingerprint density at radius 2 is 1.19 bits per heavy atom. The summed E-state index contributed by atoms with van der Waals surface area (Å²) < 4.78 is 28.4. The van der Waals surface area contributed by atoms with E-state index >= 15 is 9.59 Å². The zero-order chi connectivity index (χ0) is 75.6. The Hall–Kier alpha value is -9.95. The van der Waals surface area contributed by atoms with E-state index in [2.05, 4.69) is 31.9 Å². The Labute approximate surface area is 606 Å². The maximum absolute atomic E-state index is 15.3. The molecule has 30 nitrogen and oxygen atoms in total. The number of phenolic OH excluding ortho intramolecular Hbond substituents is 1. The number of carbonyl (C=O) groups excluding carboxylic acids is 9. The predicted molar refractivity (Wildman–Crippen MR) is 377 cm³/mol. The van der Waals surface area contributed by atoms with E-state index in [1.807, 2.05) is 97.1 Å². The number of rotatable bonds is 20. The van der Waals surface area contributed by atoms with Gasteiger partial charge >= 0.3 is 18.3 Å². The number of aliphatic hydroxyl groups is 6. The summed E-state index contributed by atoms with van der Waals surface area (Å²) in [6, 6.07) is 23.4. The van der Waals surface area contributed by atoms with Crippen molar-refractivity contribution in [3.63, 3.8) is 0 Å². The van der Waals surface area contributed by atoms with Gasteiger partial charge in [-0.05, 0) is 96.3 Å². The van der Waals surface area contributed by atoms with Crippen LogP contribution >= 0.6 is 0 Å². The van der Waals surface area contributed by atoms with Crippen LogP contribution in [-0.4, -0.2) is 255 Å². The fourth-order valence-corrected chi connectivity index (χ4v) is 14.1. The SMILES string of the molecule is COCCN(CCOc1cc(C[C@@H](O)[C@@H]2NC(=O)[C@@H]3C[C@@H](O)CN3C(=O)[C@H]([C@@H](C)O)NC(=O)C(NC(=O)OC(C)(C)C)C[C@@H](O)CNC(=O)[C@@H]3[C@@H](O)[C@@H](C)CN3C(=O)[C@H]([C@H](O)CCNC(=O)OCC3c4ccccc4-c4ccccc43)NC2=O)ccc1O)C(=O)OCC1c2ccccc2-c2ccccc21. The van der Waals surface area contributed by atoms with Crippen molar-refractivity contribution < 1.29 is 103 Å². The van der Waals surface area contributed by atoms with E-state index in [0.717, 1.165) is 61.2 Å². The number of amides is 9. The first-order chi connectivity index (χ1) is 50.1. The fourth-order valence-electron chi connectivity index (χ4n) is 14.1. The van der Waals surface area contributed by atoms with Crippen LogP contribution in [0.5, 0.6) is 11.5 Å². The number of nitrogens with one attached hydrogen (secondary N) is 6. The summed E-state index contributed by atoms with van der Waals surface area (Å²) in [7, 11) is 1.47. The van der Waals surface area contributed by atoms with E-state index in [4.69, 9.17) is 23.7 Å². The second-order valence-corrected chi connectivity index (χ2v) is 28.1. The monoisotopic (exact) mass is 1460 g/mol. The molecule has 0 spiro atoms. The highest BCUT2D eigenvalue weighted by Gasteiger charge is 2.50. The van der Waals surface area contributed by atoms with E-state index in [9.17, 15) is 69.3 Å². The molecule has 564 valence electrons.